The monoisotopic (exact) mass is 329 g/mol. The molecule has 0 saturated carbocycles. The van der Waals surface area contributed by atoms with Crippen LogP contribution in [0.3, 0.4) is 0 Å². The van der Waals surface area contributed by atoms with Gasteiger partial charge in [-0.05, 0) is 24.3 Å². The maximum atomic E-state index is 11.6. The lowest BCUT2D eigenvalue weighted by Gasteiger charge is -2.14. The Morgan fingerprint density at radius 1 is 1.16 bits per heavy atom. The maximum Gasteiger partial charge on any atom is 0.319 e. The summed E-state index contributed by atoms with van der Waals surface area (Å²) in [5.41, 5.74) is 0.307. The summed E-state index contributed by atoms with van der Waals surface area (Å²) in [5.74, 6) is -0.998. The molecule has 8 nitrogen and oxygen atoms in total. The molecule has 11 heteroatoms. The van der Waals surface area contributed by atoms with Gasteiger partial charge in [-0.25, -0.2) is 0 Å². The van der Waals surface area contributed by atoms with E-state index in [1.165, 1.54) is 24.3 Å². The van der Waals surface area contributed by atoms with Gasteiger partial charge < -0.3 is 15.1 Å². The van der Waals surface area contributed by atoms with Crippen molar-refractivity contribution in [1.29, 1.82) is 0 Å². The maximum absolute atomic E-state index is 11.6. The minimum atomic E-state index is -3.51. The van der Waals surface area contributed by atoms with Crippen LogP contribution in [0.25, 0.3) is 0 Å². The highest BCUT2D eigenvalue weighted by atomic mass is 35.5. The van der Waals surface area contributed by atoms with Gasteiger partial charge in [0.1, 0.15) is 0 Å². The molecule has 0 spiro atoms. The van der Waals surface area contributed by atoms with E-state index in [2.05, 4.69) is 14.4 Å². The van der Waals surface area contributed by atoms with Gasteiger partial charge in [0.25, 0.3) is 12.2 Å². The molecular weight excluding hydrogens is 319 g/mol. The molecule has 106 valence electrons. The molecule has 2 unspecified atom stereocenters. The van der Waals surface area contributed by atoms with Crippen molar-refractivity contribution in [2.45, 2.75) is 6.29 Å². The molecule has 19 heavy (non-hydrogen) atoms. The van der Waals surface area contributed by atoms with Crippen LogP contribution in [-0.2, 0) is 23.0 Å². The molecule has 0 aliphatic rings. The summed E-state index contributed by atoms with van der Waals surface area (Å²) in [6.07, 6.45) is -1.96. The van der Waals surface area contributed by atoms with Crippen molar-refractivity contribution in [3.05, 3.63) is 29.3 Å². The molecule has 0 saturated heterocycles. The molecule has 1 amide bonds. The van der Waals surface area contributed by atoms with Crippen LogP contribution in [0.5, 0.6) is 0 Å². The molecule has 1 rings (SSSR count). The van der Waals surface area contributed by atoms with Gasteiger partial charge in [0.15, 0.2) is 0 Å². The van der Waals surface area contributed by atoms with Gasteiger partial charge in [-0.1, -0.05) is 11.6 Å². The molecule has 1 aromatic carbocycles. The van der Waals surface area contributed by atoms with E-state index in [9.17, 15) is 13.9 Å². The number of nitrogens with one attached hydrogen (secondary N) is 1. The zero-order valence-corrected chi connectivity index (χ0v) is 12.0. The smallest absolute Gasteiger partial charge is 0.319 e. The number of hydrogen-bond donors (Lipinski definition) is 3. The lowest BCUT2D eigenvalue weighted by Crippen LogP contribution is -2.29. The Hall–Kier alpha value is -0.720. The van der Waals surface area contributed by atoms with E-state index < -0.39 is 28.7 Å². The van der Waals surface area contributed by atoms with Crippen LogP contribution < -0.4 is 5.32 Å². The molecule has 2 atom stereocenters. The lowest BCUT2D eigenvalue weighted by atomic mass is 10.3. The number of benzene rings is 1. The number of carbonyl (C=O) groups is 1. The summed E-state index contributed by atoms with van der Waals surface area (Å²) in [6, 6.07) is 5.91. The van der Waals surface area contributed by atoms with E-state index in [1.54, 1.807) is 0 Å². The second kappa shape index (κ2) is 7.77. The molecule has 3 N–H and O–H groups in total. The zero-order valence-electron chi connectivity index (χ0n) is 9.20. The Kier molecular flexibility index (Phi) is 6.68. The van der Waals surface area contributed by atoms with Crippen molar-refractivity contribution in [3.8, 4) is 0 Å². The largest absolute Gasteiger partial charge is 0.326 e. The normalized spacial score (nSPS) is 15.5. The van der Waals surface area contributed by atoms with Crippen LogP contribution in [0, 0.1) is 0 Å². The first-order valence-corrected chi connectivity index (χ1v) is 7.64. The van der Waals surface area contributed by atoms with E-state index in [4.69, 9.17) is 21.4 Å². The minimum absolute atomic E-state index is 0.307. The molecule has 0 radical (unpaired) electrons. The summed E-state index contributed by atoms with van der Waals surface area (Å²) in [4.78, 5) is 28.7. The molecular formula is C8H10ClNO7P2. The number of rotatable bonds is 6. The molecule has 1 aromatic rings. The van der Waals surface area contributed by atoms with Crippen molar-refractivity contribution in [2.75, 3.05) is 5.32 Å². The fourth-order valence-corrected chi connectivity index (χ4v) is 1.95. The Labute approximate surface area is 114 Å². The third-order valence-corrected chi connectivity index (χ3v) is 2.82. The van der Waals surface area contributed by atoms with Crippen LogP contribution in [0.4, 0.5) is 5.69 Å². The first kappa shape index (κ1) is 16.3. The number of amides is 1. The van der Waals surface area contributed by atoms with E-state index >= 15 is 0 Å². The third-order valence-electron chi connectivity index (χ3n) is 1.74. The van der Waals surface area contributed by atoms with Crippen molar-refractivity contribution in [2.24, 2.45) is 0 Å². The van der Waals surface area contributed by atoms with E-state index in [1.807, 2.05) is 0 Å². The quantitative estimate of drug-likeness (QED) is 0.532. The van der Waals surface area contributed by atoms with Crippen LogP contribution in [0.2, 0.25) is 5.02 Å². The topological polar surface area (TPSA) is 122 Å². The highest BCUT2D eigenvalue weighted by Crippen LogP contribution is 2.27. The van der Waals surface area contributed by atoms with Crippen molar-refractivity contribution in [3.63, 3.8) is 0 Å². The average molecular weight is 330 g/mol. The van der Waals surface area contributed by atoms with Crippen molar-refractivity contribution >= 4 is 39.7 Å². The highest BCUT2D eigenvalue weighted by molar-refractivity contribution is 7.33. The minimum Gasteiger partial charge on any atom is -0.326 e. The van der Waals surface area contributed by atoms with Crippen LogP contribution in [0.1, 0.15) is 0 Å². The van der Waals surface area contributed by atoms with Crippen LogP contribution in [-0.4, -0.2) is 22.0 Å². The number of anilines is 1. The number of halogens is 1. The van der Waals surface area contributed by atoms with Crippen molar-refractivity contribution in [1.82, 2.24) is 0 Å². The molecule has 0 aromatic heterocycles. The molecule has 0 bridgehead atoms. The van der Waals surface area contributed by atoms with Gasteiger partial charge in [0.05, 0.1) is 0 Å². The van der Waals surface area contributed by atoms with E-state index in [0.29, 0.717) is 10.7 Å². The fourth-order valence-electron chi connectivity index (χ4n) is 1.05. The number of hydrogen-bond acceptors (Lipinski definition) is 5. The van der Waals surface area contributed by atoms with Gasteiger partial charge in [0.2, 0.25) is 0 Å². The van der Waals surface area contributed by atoms with E-state index in [0.717, 1.165) is 0 Å². The Morgan fingerprint density at radius 2 is 1.63 bits per heavy atom. The summed E-state index contributed by atoms with van der Waals surface area (Å²) in [7, 11) is -7.02. The van der Waals surface area contributed by atoms with Crippen LogP contribution in [0.15, 0.2) is 24.3 Å². The Bertz CT molecular complexity index is 478. The summed E-state index contributed by atoms with van der Waals surface area (Å²) < 4.78 is 29.5. The second-order valence-electron chi connectivity index (χ2n) is 3.10. The Balaban J connectivity index is 2.73. The standard InChI is InChI=1S/C8H10ClNO7P2/c9-5-1-3-6(4-2-5)10-7(11)8(16-18(12)13)17-19(14)15/h1-4,8,18-19H,(H,10,11)(H,12,13)(H,14,15). The summed E-state index contributed by atoms with van der Waals surface area (Å²) in [5, 5.41) is 2.71. The SMILES string of the molecule is O=C(Nc1ccc(Cl)cc1)C(O[PH](=O)O)O[PH](=O)O. The van der Waals surface area contributed by atoms with Gasteiger partial charge in [-0.3, -0.25) is 23.0 Å². The first-order valence-electron chi connectivity index (χ1n) is 4.74. The first-order chi connectivity index (χ1) is 8.88. The van der Waals surface area contributed by atoms with Gasteiger partial charge >= 0.3 is 16.5 Å². The van der Waals surface area contributed by atoms with Gasteiger partial charge in [-0.2, -0.15) is 0 Å². The molecule has 0 heterocycles. The average Bonchev–Trinajstić information content (AvgIpc) is 2.30. The molecule has 0 fully saturated rings. The third kappa shape index (κ3) is 6.31. The Morgan fingerprint density at radius 3 is 2.05 bits per heavy atom. The lowest BCUT2D eigenvalue weighted by molar-refractivity contribution is -0.135. The second-order valence-corrected chi connectivity index (χ2v) is 5.07. The van der Waals surface area contributed by atoms with Gasteiger partial charge in [0, 0.05) is 10.7 Å². The fraction of sp³-hybridized carbons (Fsp3) is 0.125. The summed E-state index contributed by atoms with van der Waals surface area (Å²) in [6.45, 7) is 0. The predicted octanol–water partition coefficient (Wildman–Crippen LogP) is 1.40. The van der Waals surface area contributed by atoms with Crippen molar-refractivity contribution < 1.29 is 32.8 Å². The highest BCUT2D eigenvalue weighted by Gasteiger charge is 2.24. The summed E-state index contributed by atoms with van der Waals surface area (Å²) >= 11 is 5.65. The zero-order chi connectivity index (χ0) is 14.4. The van der Waals surface area contributed by atoms with E-state index in [-0.39, 0.29) is 0 Å². The van der Waals surface area contributed by atoms with Crippen LogP contribution >= 0.6 is 28.1 Å². The number of carbonyl (C=O) groups excluding carboxylic acids is 1. The predicted molar refractivity (Wildman–Crippen MR) is 68.5 cm³/mol. The molecule has 0 aliphatic heterocycles. The molecule has 0 aliphatic carbocycles. The van der Waals surface area contributed by atoms with Gasteiger partial charge in [-0.15, -0.1) is 0 Å².